The normalized spacial score (nSPS) is 17.3. The fourth-order valence-electron chi connectivity index (χ4n) is 4.96. The molecule has 6 nitrogen and oxygen atoms in total. The Morgan fingerprint density at radius 2 is 1.94 bits per heavy atom. The summed E-state index contributed by atoms with van der Waals surface area (Å²) in [5.74, 6) is 0.571. The maximum Gasteiger partial charge on any atom is 0.163 e. The molecule has 31 heavy (non-hydrogen) atoms. The average Bonchev–Trinajstić information content (AvgIpc) is 3.12. The molecular weight excluding hydrogens is 391 g/mol. The van der Waals surface area contributed by atoms with Gasteiger partial charge >= 0.3 is 0 Å². The molecule has 3 aromatic heterocycles. The number of anilines is 2. The summed E-state index contributed by atoms with van der Waals surface area (Å²) < 4.78 is 14.2. The second kappa shape index (κ2) is 7.06. The van der Waals surface area contributed by atoms with Crippen molar-refractivity contribution in [2.45, 2.75) is 18.3 Å². The topological polar surface area (TPSA) is 66.8 Å². The number of fused-ring (bicyclic) bond motifs is 3. The van der Waals surface area contributed by atoms with Crippen molar-refractivity contribution in [1.82, 2.24) is 25.3 Å². The first-order valence-electron chi connectivity index (χ1n) is 10.5. The number of halogens is 1. The van der Waals surface area contributed by atoms with Gasteiger partial charge in [0.25, 0.3) is 0 Å². The van der Waals surface area contributed by atoms with E-state index < -0.39 is 0 Å². The van der Waals surface area contributed by atoms with E-state index in [1.165, 1.54) is 6.07 Å². The van der Waals surface area contributed by atoms with Gasteiger partial charge in [-0.25, -0.2) is 19.3 Å². The third-order valence-corrected chi connectivity index (χ3v) is 6.52. The van der Waals surface area contributed by atoms with Gasteiger partial charge in [0.05, 0.1) is 11.2 Å². The van der Waals surface area contributed by atoms with E-state index in [0.717, 1.165) is 71.8 Å². The summed E-state index contributed by atoms with van der Waals surface area (Å²) in [6.45, 7) is 2.62. The third-order valence-electron chi connectivity index (χ3n) is 6.52. The van der Waals surface area contributed by atoms with Crippen LogP contribution in [0.3, 0.4) is 0 Å². The predicted octanol–water partition coefficient (Wildman–Crippen LogP) is 4.00. The van der Waals surface area contributed by atoms with Crippen molar-refractivity contribution in [1.29, 1.82) is 0 Å². The molecule has 1 saturated heterocycles. The summed E-state index contributed by atoms with van der Waals surface area (Å²) in [6, 6.07) is 12.9. The Balaban J connectivity index is 1.52. The second-order valence-corrected chi connectivity index (χ2v) is 8.28. The summed E-state index contributed by atoms with van der Waals surface area (Å²) in [5, 5.41) is 3.44. The highest BCUT2D eigenvalue weighted by Gasteiger charge is 2.44. The van der Waals surface area contributed by atoms with Crippen molar-refractivity contribution in [2.75, 3.05) is 24.5 Å². The van der Waals surface area contributed by atoms with Gasteiger partial charge in [0.15, 0.2) is 5.82 Å². The molecule has 1 fully saturated rings. The molecule has 7 heteroatoms. The zero-order valence-corrected chi connectivity index (χ0v) is 16.9. The monoisotopic (exact) mass is 412 g/mol. The minimum Gasteiger partial charge on any atom is -0.323 e. The lowest BCUT2D eigenvalue weighted by Crippen LogP contribution is -2.42. The molecule has 1 spiro atoms. The van der Waals surface area contributed by atoms with E-state index in [9.17, 15) is 4.39 Å². The number of nitrogens with one attached hydrogen (secondary N) is 1. The highest BCUT2D eigenvalue weighted by molar-refractivity contribution is 5.91. The Labute approximate surface area is 179 Å². The molecule has 0 aliphatic carbocycles. The number of hydrogen-bond donors (Lipinski definition) is 1. The molecule has 1 N–H and O–H groups in total. The Morgan fingerprint density at radius 3 is 2.77 bits per heavy atom. The molecule has 5 heterocycles. The Kier molecular flexibility index (Phi) is 4.17. The van der Waals surface area contributed by atoms with Crippen LogP contribution >= 0.6 is 0 Å². The van der Waals surface area contributed by atoms with E-state index >= 15 is 0 Å². The highest BCUT2D eigenvalue weighted by atomic mass is 19.1. The van der Waals surface area contributed by atoms with Gasteiger partial charge in [0, 0.05) is 35.6 Å². The molecule has 4 aromatic rings. The van der Waals surface area contributed by atoms with Crippen LogP contribution in [0.5, 0.6) is 0 Å². The van der Waals surface area contributed by atoms with E-state index in [4.69, 9.17) is 4.98 Å². The van der Waals surface area contributed by atoms with Crippen molar-refractivity contribution in [3.05, 3.63) is 72.6 Å². The number of hydrogen-bond acceptors (Lipinski definition) is 6. The molecule has 0 unspecified atom stereocenters. The number of pyridine rings is 2. The fraction of sp³-hybridized carbons (Fsp3) is 0.250. The minimum atomic E-state index is -0.192. The molecule has 154 valence electrons. The smallest absolute Gasteiger partial charge is 0.163 e. The molecule has 2 aliphatic rings. The van der Waals surface area contributed by atoms with Gasteiger partial charge in [-0.1, -0.05) is 0 Å². The SMILES string of the molecule is Fc1ccc2c(c1)C1(CCNCC1)CN2c1ncnc2ccc(-c3cccnc3)nc12. The molecule has 6 rings (SSSR count). The Bertz CT molecular complexity index is 1270. The number of nitrogens with zero attached hydrogens (tertiary/aromatic N) is 5. The molecule has 0 bridgehead atoms. The lowest BCUT2D eigenvalue weighted by atomic mass is 9.75. The predicted molar refractivity (Wildman–Crippen MR) is 118 cm³/mol. The van der Waals surface area contributed by atoms with E-state index in [-0.39, 0.29) is 11.2 Å². The summed E-state index contributed by atoms with van der Waals surface area (Å²) in [6.07, 6.45) is 7.07. The van der Waals surface area contributed by atoms with Gasteiger partial charge in [-0.05, 0) is 74.0 Å². The molecule has 1 aromatic carbocycles. The van der Waals surface area contributed by atoms with E-state index in [0.29, 0.717) is 0 Å². The first-order valence-corrected chi connectivity index (χ1v) is 10.5. The molecule has 0 atom stereocenters. The summed E-state index contributed by atoms with van der Waals surface area (Å²) in [4.78, 5) is 20.4. The maximum absolute atomic E-state index is 14.2. The van der Waals surface area contributed by atoms with Gasteiger partial charge in [-0.3, -0.25) is 4.98 Å². The van der Waals surface area contributed by atoms with Crippen LogP contribution in [0, 0.1) is 5.82 Å². The fourth-order valence-corrected chi connectivity index (χ4v) is 4.96. The van der Waals surface area contributed by atoms with Crippen LogP contribution < -0.4 is 10.2 Å². The number of rotatable bonds is 2. The quantitative estimate of drug-likeness (QED) is 0.537. The van der Waals surface area contributed by atoms with Gasteiger partial charge in [-0.2, -0.15) is 0 Å². The van der Waals surface area contributed by atoms with Crippen molar-refractivity contribution in [3.8, 4) is 11.3 Å². The van der Waals surface area contributed by atoms with Crippen molar-refractivity contribution < 1.29 is 4.39 Å². The number of piperidine rings is 1. The van der Waals surface area contributed by atoms with Crippen LogP contribution in [0.4, 0.5) is 15.9 Å². The van der Waals surface area contributed by atoms with Crippen LogP contribution in [0.1, 0.15) is 18.4 Å². The minimum absolute atomic E-state index is 0.0824. The number of aromatic nitrogens is 4. The molecule has 0 amide bonds. The van der Waals surface area contributed by atoms with Crippen molar-refractivity contribution >= 4 is 22.5 Å². The molecular formula is C24H21FN6. The van der Waals surface area contributed by atoms with Gasteiger partial charge in [0.1, 0.15) is 17.7 Å². The number of benzene rings is 1. The largest absolute Gasteiger partial charge is 0.323 e. The van der Waals surface area contributed by atoms with Gasteiger partial charge in [0.2, 0.25) is 0 Å². The average molecular weight is 412 g/mol. The standard InChI is InChI=1S/C24H21FN6/c25-17-3-6-21-18(12-17)24(7-10-26-11-8-24)14-31(21)23-22-20(28-15-29-23)5-4-19(30-22)16-2-1-9-27-13-16/h1-6,9,12-13,15,26H,7-8,10-11,14H2. The first kappa shape index (κ1) is 18.3. The lowest BCUT2D eigenvalue weighted by Gasteiger charge is -2.34. The maximum atomic E-state index is 14.2. The third kappa shape index (κ3) is 2.96. The van der Waals surface area contributed by atoms with Crippen molar-refractivity contribution in [2.24, 2.45) is 0 Å². The Morgan fingerprint density at radius 1 is 1.03 bits per heavy atom. The van der Waals surface area contributed by atoms with Crippen molar-refractivity contribution in [3.63, 3.8) is 0 Å². The zero-order chi connectivity index (χ0) is 20.8. The van der Waals surface area contributed by atoms with Gasteiger partial charge in [-0.15, -0.1) is 0 Å². The van der Waals surface area contributed by atoms with Crippen LogP contribution in [0.2, 0.25) is 0 Å². The highest BCUT2D eigenvalue weighted by Crippen LogP contribution is 2.49. The summed E-state index contributed by atoms with van der Waals surface area (Å²) >= 11 is 0. The Hall–Kier alpha value is -3.45. The zero-order valence-electron chi connectivity index (χ0n) is 16.9. The van der Waals surface area contributed by atoms with Crippen LogP contribution in [0.15, 0.2) is 61.2 Å². The lowest BCUT2D eigenvalue weighted by molar-refractivity contribution is 0.328. The van der Waals surface area contributed by atoms with E-state index in [2.05, 4.69) is 25.2 Å². The van der Waals surface area contributed by atoms with Crippen LogP contribution in [-0.4, -0.2) is 39.6 Å². The van der Waals surface area contributed by atoms with E-state index in [1.807, 2.05) is 30.3 Å². The first-order chi connectivity index (χ1) is 15.2. The second-order valence-electron chi connectivity index (χ2n) is 8.28. The molecule has 0 saturated carbocycles. The molecule has 2 aliphatic heterocycles. The van der Waals surface area contributed by atoms with E-state index in [1.54, 1.807) is 24.8 Å². The molecule has 0 radical (unpaired) electrons. The van der Waals surface area contributed by atoms with Crippen LogP contribution in [0.25, 0.3) is 22.3 Å². The van der Waals surface area contributed by atoms with Gasteiger partial charge < -0.3 is 10.2 Å². The summed E-state index contributed by atoms with van der Waals surface area (Å²) in [7, 11) is 0. The summed E-state index contributed by atoms with van der Waals surface area (Å²) in [5.41, 5.74) is 5.30. The van der Waals surface area contributed by atoms with Crippen LogP contribution in [-0.2, 0) is 5.41 Å².